The molecule has 0 aliphatic carbocycles. The van der Waals surface area contributed by atoms with E-state index < -0.39 is 23.7 Å². The van der Waals surface area contributed by atoms with Gasteiger partial charge in [0.15, 0.2) is 0 Å². The van der Waals surface area contributed by atoms with Crippen LogP contribution in [0.25, 0.3) is 0 Å². The Labute approximate surface area is 321 Å². The molecule has 0 aliphatic rings. The van der Waals surface area contributed by atoms with Crippen LogP contribution in [0.15, 0.2) is 0 Å². The van der Waals surface area contributed by atoms with Gasteiger partial charge in [-0.05, 0) is 67.7 Å². The molecule has 0 bridgehead atoms. The highest BCUT2D eigenvalue weighted by Gasteiger charge is 2.45. The minimum absolute atomic E-state index is 0.457. The van der Waals surface area contributed by atoms with Gasteiger partial charge in [-0.2, -0.15) is 0 Å². The molecule has 0 rings (SSSR count). The van der Waals surface area contributed by atoms with Crippen molar-refractivity contribution >= 4 is 0 Å². The molecule has 4 atom stereocenters. The molecule has 4 unspecified atom stereocenters. The molecular weight excluding hydrogens is 629 g/mol. The van der Waals surface area contributed by atoms with E-state index in [1.165, 1.54) is 180 Å². The Kier molecular flexibility index (Phi) is 34.2. The van der Waals surface area contributed by atoms with Crippen LogP contribution >= 0.6 is 0 Å². The number of hydrogen-bond acceptors (Lipinski definition) is 5. The fourth-order valence-electron chi connectivity index (χ4n) is 8.21. The average Bonchev–Trinajstić information content (AvgIpc) is 3.07. The molecule has 308 valence electrons. The fraction of sp³-hybridized carbons (Fsp3) is 1.00. The third-order valence-electron chi connectivity index (χ3n) is 11.6. The molecule has 51 heavy (non-hydrogen) atoms. The standard InChI is InChI=1S/C46H96N2O3/c1-9-11-13-15-17-19-21-23-25-27-29-31-33-35-37-39-45(47(5)6,41-43(3)49)51-46(48(7)8,42-44(4)50)40-38-36-34-32-30-28-26-24-22-20-18-16-14-12-10-2/h43-44,49-50H,9-42H2,1-8H3. The maximum atomic E-state index is 10.7. The van der Waals surface area contributed by atoms with Crippen LogP contribution in [-0.2, 0) is 4.74 Å². The first-order valence-electron chi connectivity index (χ1n) is 23.0. The monoisotopic (exact) mass is 725 g/mol. The second kappa shape index (κ2) is 34.3. The lowest BCUT2D eigenvalue weighted by molar-refractivity contribution is -0.283. The SMILES string of the molecule is CCCCCCCCCCCCCCCCCC(CC(C)O)(OC(CCCCCCCCCCCCCCCCC)(CC(C)O)N(C)C)N(C)C. The molecule has 0 aromatic rings. The lowest BCUT2D eigenvalue weighted by atomic mass is 9.92. The van der Waals surface area contributed by atoms with Gasteiger partial charge in [-0.25, -0.2) is 0 Å². The molecule has 5 nitrogen and oxygen atoms in total. The van der Waals surface area contributed by atoms with Gasteiger partial charge in [0.25, 0.3) is 0 Å². The molecule has 0 amide bonds. The van der Waals surface area contributed by atoms with Crippen molar-refractivity contribution in [1.82, 2.24) is 9.80 Å². The number of hydrogen-bond donors (Lipinski definition) is 2. The van der Waals surface area contributed by atoms with Gasteiger partial charge < -0.3 is 14.9 Å². The predicted octanol–water partition coefficient (Wildman–Crippen LogP) is 13.6. The first-order valence-corrected chi connectivity index (χ1v) is 23.0. The zero-order valence-electron chi connectivity index (χ0n) is 36.4. The lowest BCUT2D eigenvalue weighted by Gasteiger charge is -2.51. The van der Waals surface area contributed by atoms with Gasteiger partial charge in [-0.15, -0.1) is 0 Å². The first kappa shape index (κ1) is 50.8. The second-order valence-corrected chi connectivity index (χ2v) is 17.3. The summed E-state index contributed by atoms with van der Waals surface area (Å²) in [6, 6.07) is 0. The fourth-order valence-corrected chi connectivity index (χ4v) is 8.21. The van der Waals surface area contributed by atoms with Crippen molar-refractivity contribution in [3.8, 4) is 0 Å². The largest absolute Gasteiger partial charge is 0.393 e. The Morgan fingerprint density at radius 2 is 0.569 bits per heavy atom. The van der Waals surface area contributed by atoms with Crippen LogP contribution in [0.1, 0.15) is 246 Å². The van der Waals surface area contributed by atoms with Crippen molar-refractivity contribution in [2.45, 2.75) is 270 Å². The van der Waals surface area contributed by atoms with Gasteiger partial charge in [0, 0.05) is 12.8 Å². The van der Waals surface area contributed by atoms with Gasteiger partial charge in [0.1, 0.15) is 11.4 Å². The quantitative estimate of drug-likeness (QED) is 0.0487. The smallest absolute Gasteiger partial charge is 0.126 e. The van der Waals surface area contributed by atoms with Crippen molar-refractivity contribution in [3.63, 3.8) is 0 Å². The minimum Gasteiger partial charge on any atom is -0.393 e. The summed E-state index contributed by atoms with van der Waals surface area (Å²) in [6.45, 7) is 8.38. The van der Waals surface area contributed by atoms with Crippen LogP contribution in [-0.4, -0.2) is 71.9 Å². The summed E-state index contributed by atoms with van der Waals surface area (Å²) in [5, 5.41) is 21.5. The van der Waals surface area contributed by atoms with E-state index in [2.05, 4.69) is 51.8 Å². The van der Waals surface area contributed by atoms with E-state index in [4.69, 9.17) is 4.74 Å². The lowest BCUT2D eigenvalue weighted by Crippen LogP contribution is -2.59. The maximum absolute atomic E-state index is 10.7. The van der Waals surface area contributed by atoms with E-state index in [1.54, 1.807) is 0 Å². The zero-order chi connectivity index (χ0) is 38.1. The van der Waals surface area contributed by atoms with Gasteiger partial charge in [0.2, 0.25) is 0 Å². The van der Waals surface area contributed by atoms with Crippen LogP contribution in [0.5, 0.6) is 0 Å². The van der Waals surface area contributed by atoms with Crippen molar-refractivity contribution < 1.29 is 14.9 Å². The Morgan fingerprint density at radius 3 is 0.745 bits per heavy atom. The summed E-state index contributed by atoms with van der Waals surface area (Å²) in [6.07, 6.45) is 42.7. The van der Waals surface area contributed by atoms with E-state index >= 15 is 0 Å². The van der Waals surface area contributed by atoms with Crippen molar-refractivity contribution in [3.05, 3.63) is 0 Å². The predicted molar refractivity (Wildman–Crippen MR) is 226 cm³/mol. The van der Waals surface area contributed by atoms with Crippen molar-refractivity contribution in [2.75, 3.05) is 28.2 Å². The van der Waals surface area contributed by atoms with Gasteiger partial charge >= 0.3 is 0 Å². The van der Waals surface area contributed by atoms with Crippen LogP contribution in [0.2, 0.25) is 0 Å². The molecule has 0 fully saturated rings. The number of ether oxygens (including phenoxy) is 1. The minimum atomic E-state index is -0.570. The summed E-state index contributed by atoms with van der Waals surface area (Å²) in [5.74, 6) is 0. The summed E-state index contributed by atoms with van der Waals surface area (Å²) >= 11 is 0. The Balaban J connectivity index is 4.77. The molecular formula is C46H96N2O3. The number of rotatable bonds is 40. The van der Waals surface area contributed by atoms with Gasteiger partial charge in [0.05, 0.1) is 12.2 Å². The Hall–Kier alpha value is -0.200. The summed E-state index contributed by atoms with van der Waals surface area (Å²) in [7, 11) is 8.46. The topological polar surface area (TPSA) is 56.2 Å². The molecule has 0 saturated heterocycles. The number of nitrogens with zero attached hydrogens (tertiary/aromatic N) is 2. The second-order valence-electron chi connectivity index (χ2n) is 17.3. The Bertz CT molecular complexity index is 657. The van der Waals surface area contributed by atoms with E-state index in [-0.39, 0.29) is 0 Å². The highest BCUT2D eigenvalue weighted by molar-refractivity contribution is 4.89. The third-order valence-corrected chi connectivity index (χ3v) is 11.6. The molecule has 2 N–H and O–H groups in total. The van der Waals surface area contributed by atoms with E-state index in [0.29, 0.717) is 12.8 Å². The maximum Gasteiger partial charge on any atom is 0.126 e. The van der Waals surface area contributed by atoms with Crippen LogP contribution in [0.4, 0.5) is 0 Å². The molecule has 0 spiro atoms. The van der Waals surface area contributed by atoms with Gasteiger partial charge in [-0.1, -0.05) is 194 Å². The summed E-state index contributed by atoms with van der Waals surface area (Å²) < 4.78 is 7.34. The number of aliphatic hydroxyl groups excluding tert-OH is 2. The first-order chi connectivity index (χ1) is 24.5. The normalized spacial score (nSPS) is 15.8. The Morgan fingerprint density at radius 1 is 0.373 bits per heavy atom. The molecule has 0 aliphatic heterocycles. The average molecular weight is 725 g/mol. The summed E-state index contributed by atoms with van der Waals surface area (Å²) in [4.78, 5) is 4.44. The highest BCUT2D eigenvalue weighted by Crippen LogP contribution is 2.39. The third kappa shape index (κ3) is 28.0. The number of aliphatic hydroxyl groups is 2. The van der Waals surface area contributed by atoms with Crippen molar-refractivity contribution in [1.29, 1.82) is 0 Å². The van der Waals surface area contributed by atoms with Gasteiger partial charge in [-0.3, -0.25) is 9.80 Å². The zero-order valence-corrected chi connectivity index (χ0v) is 36.4. The van der Waals surface area contributed by atoms with Crippen LogP contribution < -0.4 is 0 Å². The van der Waals surface area contributed by atoms with Crippen molar-refractivity contribution in [2.24, 2.45) is 0 Å². The molecule has 0 heterocycles. The molecule has 0 radical (unpaired) electrons. The molecule has 0 aromatic carbocycles. The van der Waals surface area contributed by atoms with E-state index in [9.17, 15) is 10.2 Å². The molecule has 0 saturated carbocycles. The highest BCUT2D eigenvalue weighted by atomic mass is 16.6. The summed E-state index contributed by atoms with van der Waals surface area (Å²) in [5.41, 5.74) is -1.14. The number of unbranched alkanes of at least 4 members (excludes halogenated alkanes) is 28. The molecule has 0 aromatic heterocycles. The van der Waals surface area contributed by atoms with E-state index in [0.717, 1.165) is 25.7 Å². The molecule has 5 heteroatoms. The van der Waals surface area contributed by atoms with E-state index in [1.807, 2.05) is 13.8 Å². The van der Waals surface area contributed by atoms with Crippen LogP contribution in [0, 0.1) is 0 Å². The van der Waals surface area contributed by atoms with Crippen LogP contribution in [0.3, 0.4) is 0 Å².